The number of hydrogen-bond donors (Lipinski definition) is 2. The first-order chi connectivity index (χ1) is 8.78. The van der Waals surface area contributed by atoms with Crippen molar-refractivity contribution in [2.24, 2.45) is 0 Å². The number of thiophene rings is 1. The summed E-state index contributed by atoms with van der Waals surface area (Å²) in [6.07, 6.45) is 0. The van der Waals surface area contributed by atoms with E-state index >= 15 is 0 Å². The Hall–Kier alpha value is -1.45. The fourth-order valence-electron chi connectivity index (χ4n) is 1.26. The van der Waals surface area contributed by atoms with Crippen LogP contribution in [-0.4, -0.2) is 49.8 Å². The van der Waals surface area contributed by atoms with E-state index in [1.807, 2.05) is 0 Å². The van der Waals surface area contributed by atoms with Crippen molar-refractivity contribution in [2.45, 2.75) is 11.1 Å². The van der Waals surface area contributed by atoms with Gasteiger partial charge in [-0.2, -0.15) is 4.31 Å². The van der Waals surface area contributed by atoms with Crippen LogP contribution in [0.4, 0.5) is 0 Å². The third-order valence-corrected chi connectivity index (χ3v) is 5.45. The fraction of sp³-hybridized carbons (Fsp3) is 0.400. The average molecular weight is 306 g/mol. The number of carboxylic acid groups (broad SMARTS) is 1. The molecular weight excluding hydrogens is 292 g/mol. The quantitative estimate of drug-likeness (QED) is 0.781. The van der Waals surface area contributed by atoms with Gasteiger partial charge in [0, 0.05) is 19.0 Å². The van der Waals surface area contributed by atoms with Gasteiger partial charge in [0.15, 0.2) is 0 Å². The van der Waals surface area contributed by atoms with E-state index in [4.69, 9.17) is 5.11 Å². The van der Waals surface area contributed by atoms with Crippen molar-refractivity contribution >= 4 is 33.2 Å². The first kappa shape index (κ1) is 15.6. The molecule has 0 aliphatic rings. The molecule has 0 aliphatic carbocycles. The number of carbonyl (C=O) groups is 2. The molecule has 1 amide bonds. The Labute approximate surface area is 114 Å². The number of sulfonamides is 1. The Morgan fingerprint density at radius 1 is 1.47 bits per heavy atom. The zero-order valence-electron chi connectivity index (χ0n) is 10.4. The molecule has 0 spiro atoms. The minimum atomic E-state index is -3.84. The minimum absolute atomic E-state index is 0.0880. The molecule has 0 bridgehead atoms. The van der Waals surface area contributed by atoms with E-state index in [1.54, 1.807) is 6.92 Å². The topological polar surface area (TPSA) is 104 Å². The molecule has 9 heteroatoms. The summed E-state index contributed by atoms with van der Waals surface area (Å²) in [5, 5.41) is 12.5. The van der Waals surface area contributed by atoms with Gasteiger partial charge in [0.05, 0.1) is 12.1 Å². The Morgan fingerprint density at radius 3 is 2.58 bits per heavy atom. The molecule has 0 saturated carbocycles. The highest BCUT2D eigenvalue weighted by Crippen LogP contribution is 2.23. The van der Waals surface area contributed by atoms with Crippen molar-refractivity contribution in [1.82, 2.24) is 9.62 Å². The van der Waals surface area contributed by atoms with Crippen molar-refractivity contribution in [3.05, 3.63) is 17.0 Å². The van der Waals surface area contributed by atoms with Crippen LogP contribution in [0.25, 0.3) is 0 Å². The molecule has 7 nitrogen and oxygen atoms in total. The molecule has 1 rings (SSSR count). The number of nitrogens with zero attached hydrogens (tertiary/aromatic N) is 1. The molecule has 1 aromatic rings. The van der Waals surface area contributed by atoms with E-state index < -0.39 is 21.9 Å². The second-order valence-electron chi connectivity index (χ2n) is 3.67. The van der Waals surface area contributed by atoms with Gasteiger partial charge >= 0.3 is 5.97 Å². The monoisotopic (exact) mass is 306 g/mol. The van der Waals surface area contributed by atoms with Crippen LogP contribution in [0.3, 0.4) is 0 Å². The lowest BCUT2D eigenvalue weighted by molar-refractivity contribution is -0.121. The highest BCUT2D eigenvalue weighted by atomic mass is 32.2. The number of nitrogens with one attached hydrogen (secondary N) is 1. The highest BCUT2D eigenvalue weighted by molar-refractivity contribution is 7.91. The molecule has 0 aromatic carbocycles. The van der Waals surface area contributed by atoms with E-state index in [0.29, 0.717) is 6.54 Å². The van der Waals surface area contributed by atoms with Crippen molar-refractivity contribution < 1.29 is 23.1 Å². The molecule has 0 fully saturated rings. The summed E-state index contributed by atoms with van der Waals surface area (Å²) >= 11 is 0.811. The lowest BCUT2D eigenvalue weighted by Crippen LogP contribution is -2.37. The molecule has 1 aromatic heterocycles. The number of likely N-dealkylation sites (N-methyl/N-ethyl adjacent to an activating group) is 2. The maximum Gasteiger partial charge on any atom is 0.336 e. The summed E-state index contributed by atoms with van der Waals surface area (Å²) < 4.78 is 24.9. The maximum atomic E-state index is 12.1. The van der Waals surface area contributed by atoms with E-state index in [2.05, 4.69) is 5.32 Å². The van der Waals surface area contributed by atoms with E-state index in [1.165, 1.54) is 12.4 Å². The van der Waals surface area contributed by atoms with Crippen LogP contribution in [-0.2, 0) is 14.8 Å². The van der Waals surface area contributed by atoms with Crippen LogP contribution in [0.15, 0.2) is 15.7 Å². The van der Waals surface area contributed by atoms with Crippen LogP contribution in [0.1, 0.15) is 17.3 Å². The molecule has 106 valence electrons. The molecule has 0 unspecified atom stereocenters. The summed E-state index contributed by atoms with van der Waals surface area (Å²) in [7, 11) is -2.57. The summed E-state index contributed by atoms with van der Waals surface area (Å²) in [4.78, 5) is 22.0. The Balaban J connectivity index is 2.90. The van der Waals surface area contributed by atoms with Gasteiger partial charge in [0.1, 0.15) is 4.21 Å². The van der Waals surface area contributed by atoms with Crippen molar-refractivity contribution in [1.29, 1.82) is 0 Å². The van der Waals surface area contributed by atoms with Crippen LogP contribution < -0.4 is 5.32 Å². The van der Waals surface area contributed by atoms with Crippen LogP contribution in [0.2, 0.25) is 0 Å². The highest BCUT2D eigenvalue weighted by Gasteiger charge is 2.25. The third kappa shape index (κ3) is 3.75. The molecule has 1 heterocycles. The van der Waals surface area contributed by atoms with Crippen molar-refractivity contribution in [3.63, 3.8) is 0 Å². The average Bonchev–Trinajstić information content (AvgIpc) is 2.78. The lowest BCUT2D eigenvalue weighted by atomic mass is 10.4. The molecule has 0 radical (unpaired) electrons. The summed E-state index contributed by atoms with van der Waals surface area (Å²) in [5.41, 5.74) is -0.0880. The SMILES string of the molecule is CCNC(=O)CN(C)S(=O)(=O)c1cc(C(=O)O)cs1. The first-order valence-corrected chi connectivity index (χ1v) is 7.66. The molecule has 0 atom stereocenters. The predicted molar refractivity (Wildman–Crippen MR) is 69.8 cm³/mol. The lowest BCUT2D eigenvalue weighted by Gasteiger charge is -2.15. The number of hydrogen-bond acceptors (Lipinski definition) is 5. The zero-order valence-corrected chi connectivity index (χ0v) is 12.0. The number of rotatable bonds is 6. The minimum Gasteiger partial charge on any atom is -0.478 e. The number of amides is 1. The van der Waals surface area contributed by atoms with Gasteiger partial charge in [-0.15, -0.1) is 11.3 Å². The molecule has 19 heavy (non-hydrogen) atoms. The van der Waals surface area contributed by atoms with Gasteiger partial charge in [-0.25, -0.2) is 13.2 Å². The largest absolute Gasteiger partial charge is 0.478 e. The Kier molecular flexibility index (Phi) is 5.04. The van der Waals surface area contributed by atoms with E-state index in [0.717, 1.165) is 21.7 Å². The van der Waals surface area contributed by atoms with Gasteiger partial charge < -0.3 is 10.4 Å². The van der Waals surface area contributed by atoms with Gasteiger partial charge in [0.2, 0.25) is 5.91 Å². The second kappa shape index (κ2) is 6.13. The first-order valence-electron chi connectivity index (χ1n) is 5.34. The summed E-state index contributed by atoms with van der Waals surface area (Å²) in [6, 6.07) is 1.08. The second-order valence-corrected chi connectivity index (χ2v) is 6.86. The Morgan fingerprint density at radius 2 is 2.11 bits per heavy atom. The van der Waals surface area contributed by atoms with Crippen molar-refractivity contribution in [3.8, 4) is 0 Å². The zero-order chi connectivity index (χ0) is 14.6. The van der Waals surface area contributed by atoms with Gasteiger partial charge in [-0.1, -0.05) is 0 Å². The van der Waals surface area contributed by atoms with Crippen LogP contribution >= 0.6 is 11.3 Å². The predicted octanol–water partition coefficient (Wildman–Crippen LogP) is 0.203. The summed E-state index contributed by atoms with van der Waals surface area (Å²) in [6.45, 7) is 1.83. The molecule has 0 aliphatic heterocycles. The summed E-state index contributed by atoms with van der Waals surface area (Å²) in [5.74, 6) is -1.60. The van der Waals surface area contributed by atoms with Crippen molar-refractivity contribution in [2.75, 3.05) is 20.1 Å². The van der Waals surface area contributed by atoms with Crippen LogP contribution in [0, 0.1) is 0 Å². The molecule has 2 N–H and O–H groups in total. The number of carboxylic acids is 1. The van der Waals surface area contributed by atoms with E-state index in [9.17, 15) is 18.0 Å². The van der Waals surface area contributed by atoms with E-state index in [-0.39, 0.29) is 16.3 Å². The van der Waals surface area contributed by atoms with Gasteiger partial charge in [-0.05, 0) is 13.0 Å². The smallest absolute Gasteiger partial charge is 0.336 e. The molecular formula is C10H14N2O5S2. The number of carbonyl (C=O) groups excluding carboxylic acids is 1. The maximum absolute atomic E-state index is 12.1. The molecule has 0 saturated heterocycles. The number of aromatic carboxylic acids is 1. The Bertz CT molecular complexity index is 578. The fourth-order valence-corrected chi connectivity index (χ4v) is 3.75. The third-order valence-electron chi connectivity index (χ3n) is 2.23. The van der Waals surface area contributed by atoms with Gasteiger partial charge in [0.25, 0.3) is 10.0 Å². The standard InChI is InChI=1S/C10H14N2O5S2/c1-3-11-8(13)5-12(2)19(16,17)9-4-7(6-18-9)10(14)15/h4,6H,3,5H2,1-2H3,(H,11,13)(H,14,15). The van der Waals surface area contributed by atoms with Gasteiger partial charge in [-0.3, -0.25) is 4.79 Å². The normalized spacial score (nSPS) is 11.5. The van der Waals surface area contributed by atoms with Crippen LogP contribution in [0.5, 0.6) is 0 Å².